The van der Waals surface area contributed by atoms with Gasteiger partial charge in [-0.2, -0.15) is 0 Å². The van der Waals surface area contributed by atoms with Gasteiger partial charge in [0, 0.05) is 17.6 Å². The van der Waals surface area contributed by atoms with Gasteiger partial charge in [-0.3, -0.25) is 0 Å². The first-order chi connectivity index (χ1) is 8.92. The van der Waals surface area contributed by atoms with E-state index in [1.54, 1.807) is 0 Å². The van der Waals surface area contributed by atoms with E-state index in [4.69, 9.17) is 0 Å². The van der Waals surface area contributed by atoms with Crippen LogP contribution in [0.5, 0.6) is 0 Å². The fourth-order valence-corrected chi connectivity index (χ4v) is 2.96. The van der Waals surface area contributed by atoms with Gasteiger partial charge in [0.2, 0.25) is 0 Å². The van der Waals surface area contributed by atoms with Gasteiger partial charge in [-0.05, 0) is 41.6 Å². The van der Waals surface area contributed by atoms with E-state index in [0.717, 1.165) is 13.0 Å². The van der Waals surface area contributed by atoms with E-state index in [2.05, 4.69) is 71.2 Å². The Bertz CT molecular complexity index is 548. The normalized spacial score (nSPS) is 13.4. The zero-order valence-corrected chi connectivity index (χ0v) is 10.9. The van der Waals surface area contributed by atoms with Crippen molar-refractivity contribution in [3.63, 3.8) is 0 Å². The molecule has 0 unspecified atom stereocenters. The second kappa shape index (κ2) is 5.32. The fraction of sp³-hybridized carbons (Fsp3) is 0.125. The predicted octanol–water partition coefficient (Wildman–Crippen LogP) is 4.22. The van der Waals surface area contributed by atoms with Gasteiger partial charge in [-0.1, -0.05) is 48.5 Å². The summed E-state index contributed by atoms with van der Waals surface area (Å²) in [5.41, 5.74) is 2.71. The quantitative estimate of drug-likeness (QED) is 0.753. The van der Waals surface area contributed by atoms with Crippen LogP contribution in [-0.2, 0) is 6.42 Å². The largest absolute Gasteiger partial charge is 0.319 e. The molecular formula is C16H15NS. The molecule has 2 aromatic rings. The molecule has 0 atom stereocenters. The van der Waals surface area contributed by atoms with E-state index in [-0.39, 0.29) is 0 Å². The lowest BCUT2D eigenvalue weighted by atomic mass is 10.1. The first-order valence-electron chi connectivity index (χ1n) is 6.17. The number of hydrogen-bond acceptors (Lipinski definition) is 2. The number of nitrogens with zero attached hydrogens (tertiary/aromatic N) is 1. The molecule has 1 heterocycles. The molecule has 1 nitrogen and oxygen atoms in total. The van der Waals surface area contributed by atoms with E-state index >= 15 is 0 Å². The van der Waals surface area contributed by atoms with Gasteiger partial charge in [0.25, 0.3) is 0 Å². The van der Waals surface area contributed by atoms with Crippen LogP contribution in [0.4, 0.5) is 0 Å². The first kappa shape index (κ1) is 11.4. The topological polar surface area (TPSA) is 3.24 Å². The Hall–Kier alpha value is -1.67. The summed E-state index contributed by atoms with van der Waals surface area (Å²) in [6, 6.07) is 19.2. The molecule has 0 saturated carbocycles. The minimum absolute atomic E-state index is 1.04. The Morgan fingerprint density at radius 1 is 0.889 bits per heavy atom. The van der Waals surface area contributed by atoms with Crippen molar-refractivity contribution in [1.82, 2.24) is 4.31 Å². The molecule has 0 fully saturated rings. The highest BCUT2D eigenvalue weighted by atomic mass is 32.2. The second-order valence-corrected chi connectivity index (χ2v) is 5.41. The summed E-state index contributed by atoms with van der Waals surface area (Å²) in [7, 11) is 0. The Morgan fingerprint density at radius 2 is 1.67 bits per heavy atom. The molecular weight excluding hydrogens is 238 g/mol. The van der Waals surface area contributed by atoms with Crippen molar-refractivity contribution < 1.29 is 0 Å². The number of rotatable bonds is 3. The summed E-state index contributed by atoms with van der Waals surface area (Å²) < 4.78 is 2.30. The Balaban J connectivity index is 1.64. The van der Waals surface area contributed by atoms with Crippen LogP contribution < -0.4 is 0 Å². The van der Waals surface area contributed by atoms with Crippen molar-refractivity contribution >= 4 is 18.0 Å². The van der Waals surface area contributed by atoms with Crippen LogP contribution in [0.1, 0.15) is 11.1 Å². The maximum Gasteiger partial charge on any atom is 0.0359 e. The Kier molecular flexibility index (Phi) is 3.37. The molecule has 0 amide bonds. The van der Waals surface area contributed by atoms with Gasteiger partial charge in [0.1, 0.15) is 0 Å². The number of benzene rings is 2. The lowest BCUT2D eigenvalue weighted by Crippen LogP contribution is -2.14. The molecule has 0 aliphatic carbocycles. The highest BCUT2D eigenvalue weighted by molar-refractivity contribution is 7.97. The molecule has 3 rings (SSSR count). The minimum atomic E-state index is 1.04. The van der Waals surface area contributed by atoms with Crippen LogP contribution in [0.15, 0.2) is 65.7 Å². The monoisotopic (exact) mass is 253 g/mol. The molecule has 0 spiro atoms. The second-order valence-electron chi connectivity index (χ2n) is 4.32. The van der Waals surface area contributed by atoms with Crippen LogP contribution in [0.25, 0.3) is 6.08 Å². The summed E-state index contributed by atoms with van der Waals surface area (Å²) in [6.07, 6.45) is 5.45. The molecule has 1 aliphatic rings. The van der Waals surface area contributed by atoms with Crippen molar-refractivity contribution in [2.75, 3.05) is 6.54 Å². The molecule has 2 aromatic carbocycles. The number of fused-ring (bicyclic) bond motifs is 1. The van der Waals surface area contributed by atoms with Gasteiger partial charge in [0.05, 0.1) is 0 Å². The average molecular weight is 253 g/mol. The summed E-state index contributed by atoms with van der Waals surface area (Å²) in [4.78, 5) is 1.34. The van der Waals surface area contributed by atoms with Gasteiger partial charge in [-0.15, -0.1) is 0 Å². The molecule has 0 aromatic heterocycles. The summed E-state index contributed by atoms with van der Waals surface area (Å²) in [6.45, 7) is 1.04. The summed E-state index contributed by atoms with van der Waals surface area (Å²) >= 11 is 1.82. The van der Waals surface area contributed by atoms with E-state index in [1.165, 1.54) is 16.0 Å². The van der Waals surface area contributed by atoms with E-state index in [9.17, 15) is 0 Å². The fourth-order valence-electron chi connectivity index (χ4n) is 2.03. The summed E-state index contributed by atoms with van der Waals surface area (Å²) in [5, 5.41) is 0. The van der Waals surface area contributed by atoms with Crippen molar-refractivity contribution in [3.05, 3.63) is 71.9 Å². The van der Waals surface area contributed by atoms with Crippen molar-refractivity contribution in [2.45, 2.75) is 11.3 Å². The Morgan fingerprint density at radius 3 is 2.56 bits per heavy atom. The third-order valence-corrected chi connectivity index (χ3v) is 4.13. The minimum Gasteiger partial charge on any atom is -0.319 e. The predicted molar refractivity (Wildman–Crippen MR) is 78.2 cm³/mol. The highest BCUT2D eigenvalue weighted by Gasteiger charge is 2.10. The molecule has 1 aliphatic heterocycles. The maximum absolute atomic E-state index is 2.30. The van der Waals surface area contributed by atoms with E-state index in [0.29, 0.717) is 0 Å². The molecule has 0 bridgehead atoms. The van der Waals surface area contributed by atoms with Crippen molar-refractivity contribution in [3.8, 4) is 0 Å². The maximum atomic E-state index is 2.30. The molecule has 0 saturated heterocycles. The Labute approximate surface area is 112 Å². The summed E-state index contributed by atoms with van der Waals surface area (Å²) in [5.74, 6) is 0. The molecule has 0 radical (unpaired) electrons. The number of hydrogen-bond donors (Lipinski definition) is 0. The van der Waals surface area contributed by atoms with Gasteiger partial charge in [-0.25, -0.2) is 0 Å². The third-order valence-electron chi connectivity index (χ3n) is 3.02. The third kappa shape index (κ3) is 2.59. The lowest BCUT2D eigenvalue weighted by Gasteiger charge is -2.23. The van der Waals surface area contributed by atoms with Crippen LogP contribution in [0, 0.1) is 0 Å². The first-order valence-corrected chi connectivity index (χ1v) is 6.95. The lowest BCUT2D eigenvalue weighted by molar-refractivity contribution is 0.618. The molecule has 18 heavy (non-hydrogen) atoms. The standard InChI is InChI=1S/C16H15NS/c1-2-6-14(7-3-1)10-12-17-13-11-15-8-4-5-9-16(15)18-17/h1-9,11,13H,10,12H2. The van der Waals surface area contributed by atoms with Crippen molar-refractivity contribution in [2.24, 2.45) is 0 Å². The SMILES string of the molecule is C1=CN(CCc2ccccc2)Sc2ccccc21. The van der Waals surface area contributed by atoms with Crippen LogP contribution in [0.3, 0.4) is 0 Å². The van der Waals surface area contributed by atoms with Gasteiger partial charge in [0.15, 0.2) is 0 Å². The van der Waals surface area contributed by atoms with Gasteiger partial charge < -0.3 is 4.31 Å². The molecule has 90 valence electrons. The van der Waals surface area contributed by atoms with Crippen molar-refractivity contribution in [1.29, 1.82) is 0 Å². The van der Waals surface area contributed by atoms with Crippen LogP contribution in [0.2, 0.25) is 0 Å². The smallest absolute Gasteiger partial charge is 0.0359 e. The highest BCUT2D eigenvalue weighted by Crippen LogP contribution is 2.31. The van der Waals surface area contributed by atoms with E-state index in [1.807, 2.05) is 11.9 Å². The zero-order chi connectivity index (χ0) is 12.2. The van der Waals surface area contributed by atoms with Crippen LogP contribution >= 0.6 is 11.9 Å². The molecule has 0 N–H and O–H groups in total. The molecule has 2 heteroatoms. The zero-order valence-electron chi connectivity index (χ0n) is 10.1. The van der Waals surface area contributed by atoms with Crippen LogP contribution in [-0.4, -0.2) is 10.8 Å². The van der Waals surface area contributed by atoms with Gasteiger partial charge >= 0.3 is 0 Å². The van der Waals surface area contributed by atoms with E-state index < -0.39 is 0 Å². The average Bonchev–Trinajstić information content (AvgIpc) is 2.46.